The van der Waals surface area contributed by atoms with Crippen LogP contribution in [-0.4, -0.2) is 23.1 Å². The van der Waals surface area contributed by atoms with Gasteiger partial charge in [0.25, 0.3) is 5.91 Å². The van der Waals surface area contributed by atoms with Gasteiger partial charge in [-0.25, -0.2) is 9.78 Å². The molecular formula is C15H12N2O3S. The number of nitrogens with zero attached hydrogens (tertiary/aromatic N) is 1. The number of ether oxygens (including phenoxy) is 1. The van der Waals surface area contributed by atoms with Crippen LogP contribution < -0.4 is 5.32 Å². The SMILES string of the molecule is CSc1ncccc1C(=O)Nc1ccc2c(c1)C(=O)OC2. The zero-order valence-electron chi connectivity index (χ0n) is 11.3. The van der Waals surface area contributed by atoms with Gasteiger partial charge in [-0.05, 0) is 30.5 Å². The topological polar surface area (TPSA) is 68.3 Å². The van der Waals surface area contributed by atoms with Gasteiger partial charge in [0, 0.05) is 17.4 Å². The van der Waals surface area contributed by atoms with Crippen LogP contribution in [0, 0.1) is 0 Å². The number of aromatic nitrogens is 1. The van der Waals surface area contributed by atoms with Crippen LogP contribution in [0.5, 0.6) is 0 Å². The number of hydrogen-bond donors (Lipinski definition) is 1. The Balaban J connectivity index is 1.85. The highest BCUT2D eigenvalue weighted by atomic mass is 32.2. The lowest BCUT2D eigenvalue weighted by Gasteiger charge is -2.08. The summed E-state index contributed by atoms with van der Waals surface area (Å²) in [6.45, 7) is 0.293. The molecule has 1 aromatic carbocycles. The largest absolute Gasteiger partial charge is 0.457 e. The predicted molar refractivity (Wildman–Crippen MR) is 79.5 cm³/mol. The van der Waals surface area contributed by atoms with Gasteiger partial charge in [0.15, 0.2) is 0 Å². The Morgan fingerprint density at radius 1 is 1.38 bits per heavy atom. The molecule has 1 aromatic heterocycles. The van der Waals surface area contributed by atoms with Crippen molar-refractivity contribution in [2.24, 2.45) is 0 Å². The lowest BCUT2D eigenvalue weighted by Crippen LogP contribution is -2.14. The standard InChI is InChI=1S/C15H12N2O3S/c1-21-14-11(3-2-6-16-14)13(18)17-10-5-4-9-8-20-15(19)12(9)7-10/h2-7H,8H2,1H3,(H,17,18). The number of pyridine rings is 1. The van der Waals surface area contributed by atoms with E-state index in [-0.39, 0.29) is 11.9 Å². The van der Waals surface area contributed by atoms with E-state index in [9.17, 15) is 9.59 Å². The first-order chi connectivity index (χ1) is 10.2. The quantitative estimate of drug-likeness (QED) is 0.697. The number of carbonyl (C=O) groups is 2. The second-order valence-corrected chi connectivity index (χ2v) is 5.26. The predicted octanol–water partition coefficient (Wildman–Crippen LogP) is 2.73. The summed E-state index contributed by atoms with van der Waals surface area (Å²) in [5.41, 5.74) is 2.41. The van der Waals surface area contributed by atoms with E-state index in [1.165, 1.54) is 11.8 Å². The average Bonchev–Trinajstić information content (AvgIpc) is 2.88. The molecule has 0 saturated carbocycles. The Hall–Kier alpha value is -2.34. The van der Waals surface area contributed by atoms with Crippen molar-refractivity contribution in [2.45, 2.75) is 11.6 Å². The van der Waals surface area contributed by atoms with E-state index in [2.05, 4.69) is 10.3 Å². The van der Waals surface area contributed by atoms with Gasteiger partial charge in [-0.1, -0.05) is 6.07 Å². The number of rotatable bonds is 3. The summed E-state index contributed by atoms with van der Waals surface area (Å²) in [6.07, 6.45) is 3.51. The van der Waals surface area contributed by atoms with Gasteiger partial charge in [-0.15, -0.1) is 11.8 Å². The molecule has 106 valence electrons. The zero-order chi connectivity index (χ0) is 14.8. The van der Waals surface area contributed by atoms with Crippen LogP contribution in [0.4, 0.5) is 5.69 Å². The normalized spacial score (nSPS) is 12.7. The van der Waals surface area contributed by atoms with Crippen LogP contribution in [0.25, 0.3) is 0 Å². The summed E-state index contributed by atoms with van der Waals surface area (Å²) in [7, 11) is 0. The number of hydrogen-bond acceptors (Lipinski definition) is 5. The highest BCUT2D eigenvalue weighted by Crippen LogP contribution is 2.24. The summed E-state index contributed by atoms with van der Waals surface area (Å²) in [6, 6.07) is 8.62. The van der Waals surface area contributed by atoms with Crippen molar-refractivity contribution in [3.63, 3.8) is 0 Å². The molecule has 2 aromatic rings. The highest BCUT2D eigenvalue weighted by Gasteiger charge is 2.21. The van der Waals surface area contributed by atoms with E-state index in [0.29, 0.717) is 28.4 Å². The number of anilines is 1. The third-order valence-electron chi connectivity index (χ3n) is 3.16. The molecule has 6 heteroatoms. The summed E-state index contributed by atoms with van der Waals surface area (Å²) in [5, 5.41) is 3.45. The van der Waals surface area contributed by atoms with E-state index < -0.39 is 0 Å². The van der Waals surface area contributed by atoms with Crippen LogP contribution >= 0.6 is 11.8 Å². The van der Waals surface area contributed by atoms with Gasteiger partial charge in [-0.3, -0.25) is 4.79 Å². The molecule has 3 rings (SSSR count). The Bertz CT molecular complexity index is 731. The van der Waals surface area contributed by atoms with Crippen LogP contribution in [0.1, 0.15) is 26.3 Å². The van der Waals surface area contributed by atoms with Gasteiger partial charge in [0.05, 0.1) is 11.1 Å². The van der Waals surface area contributed by atoms with Crippen molar-refractivity contribution < 1.29 is 14.3 Å². The van der Waals surface area contributed by atoms with Crippen molar-refractivity contribution >= 4 is 29.3 Å². The fourth-order valence-corrected chi connectivity index (χ4v) is 2.66. The number of carbonyl (C=O) groups excluding carboxylic acids is 2. The lowest BCUT2D eigenvalue weighted by atomic mass is 10.1. The van der Waals surface area contributed by atoms with Crippen molar-refractivity contribution in [1.29, 1.82) is 0 Å². The van der Waals surface area contributed by atoms with E-state index in [4.69, 9.17) is 4.74 Å². The highest BCUT2D eigenvalue weighted by molar-refractivity contribution is 7.98. The Kier molecular flexibility index (Phi) is 3.62. The molecule has 0 fully saturated rings. The Morgan fingerprint density at radius 2 is 2.24 bits per heavy atom. The molecule has 1 aliphatic heterocycles. The zero-order valence-corrected chi connectivity index (χ0v) is 12.1. The molecule has 0 radical (unpaired) electrons. The maximum atomic E-state index is 12.3. The number of thioether (sulfide) groups is 1. The fourth-order valence-electron chi connectivity index (χ4n) is 2.12. The molecule has 0 spiro atoms. The molecule has 1 aliphatic rings. The lowest BCUT2D eigenvalue weighted by molar-refractivity contribution is 0.0535. The summed E-state index contributed by atoms with van der Waals surface area (Å²) >= 11 is 1.41. The van der Waals surface area contributed by atoms with E-state index in [0.717, 1.165) is 5.56 Å². The van der Waals surface area contributed by atoms with Crippen LogP contribution in [0.15, 0.2) is 41.6 Å². The van der Waals surface area contributed by atoms with Crippen LogP contribution in [0.3, 0.4) is 0 Å². The third-order valence-corrected chi connectivity index (χ3v) is 3.87. The molecule has 0 bridgehead atoms. The molecule has 0 aliphatic carbocycles. The monoisotopic (exact) mass is 300 g/mol. The maximum absolute atomic E-state index is 12.3. The van der Waals surface area contributed by atoms with E-state index >= 15 is 0 Å². The molecule has 1 amide bonds. The molecule has 0 atom stereocenters. The molecular weight excluding hydrogens is 288 g/mol. The summed E-state index contributed by atoms with van der Waals surface area (Å²) in [4.78, 5) is 28.0. The maximum Gasteiger partial charge on any atom is 0.338 e. The second kappa shape index (κ2) is 5.57. The number of esters is 1. The first kappa shape index (κ1) is 13.6. The van der Waals surface area contributed by atoms with Gasteiger partial charge in [0.1, 0.15) is 11.6 Å². The second-order valence-electron chi connectivity index (χ2n) is 4.46. The number of nitrogens with one attached hydrogen (secondary N) is 1. The van der Waals surface area contributed by atoms with Gasteiger partial charge < -0.3 is 10.1 Å². The number of cyclic esters (lactones) is 1. The minimum Gasteiger partial charge on any atom is -0.457 e. The van der Waals surface area contributed by atoms with Gasteiger partial charge >= 0.3 is 5.97 Å². The van der Waals surface area contributed by atoms with Crippen molar-refractivity contribution in [1.82, 2.24) is 4.98 Å². The Morgan fingerprint density at radius 3 is 3.05 bits per heavy atom. The number of benzene rings is 1. The fraction of sp³-hybridized carbons (Fsp3) is 0.133. The number of amides is 1. The van der Waals surface area contributed by atoms with E-state index in [1.807, 2.05) is 6.26 Å². The summed E-state index contributed by atoms with van der Waals surface area (Å²) < 4.78 is 4.94. The van der Waals surface area contributed by atoms with Crippen molar-refractivity contribution in [3.8, 4) is 0 Å². The molecule has 0 saturated heterocycles. The summed E-state index contributed by atoms with van der Waals surface area (Å²) in [5.74, 6) is -0.606. The number of fused-ring (bicyclic) bond motifs is 1. The van der Waals surface area contributed by atoms with Gasteiger partial charge in [-0.2, -0.15) is 0 Å². The van der Waals surface area contributed by atoms with Crippen molar-refractivity contribution in [3.05, 3.63) is 53.2 Å². The molecule has 1 N–H and O–H groups in total. The smallest absolute Gasteiger partial charge is 0.338 e. The average molecular weight is 300 g/mol. The first-order valence-corrected chi connectivity index (χ1v) is 7.52. The van der Waals surface area contributed by atoms with E-state index in [1.54, 1.807) is 36.5 Å². The van der Waals surface area contributed by atoms with Gasteiger partial charge in [0.2, 0.25) is 0 Å². The third kappa shape index (κ3) is 2.62. The Labute approximate surface area is 125 Å². The van der Waals surface area contributed by atoms with Crippen molar-refractivity contribution in [2.75, 3.05) is 11.6 Å². The molecule has 21 heavy (non-hydrogen) atoms. The molecule has 2 heterocycles. The van der Waals surface area contributed by atoms with Crippen LogP contribution in [-0.2, 0) is 11.3 Å². The molecule has 0 unspecified atom stereocenters. The minimum atomic E-state index is -0.354. The van der Waals surface area contributed by atoms with Crippen LogP contribution in [0.2, 0.25) is 0 Å². The first-order valence-electron chi connectivity index (χ1n) is 6.29. The minimum absolute atomic E-state index is 0.251. The molecule has 5 nitrogen and oxygen atoms in total.